The molecule has 1 aromatic heterocycles. The van der Waals surface area contributed by atoms with Gasteiger partial charge in [-0.2, -0.15) is 0 Å². The molecule has 0 spiro atoms. The van der Waals surface area contributed by atoms with Crippen molar-refractivity contribution in [1.82, 2.24) is 15.4 Å². The Morgan fingerprint density at radius 3 is 2.55 bits per heavy atom. The van der Waals surface area contributed by atoms with E-state index in [2.05, 4.69) is 22.0 Å². The Bertz CT molecular complexity index is 704. The van der Waals surface area contributed by atoms with Crippen LogP contribution in [0.15, 0.2) is 61.2 Å². The predicted molar refractivity (Wildman–Crippen MR) is 76.5 cm³/mol. The summed E-state index contributed by atoms with van der Waals surface area (Å²) in [6, 6.07) is 14.1. The fourth-order valence-electron chi connectivity index (χ4n) is 1.58. The Labute approximate surface area is 115 Å². The average molecular weight is 267 g/mol. The number of phenolic OH excluding ortho intramolecular Hbond substituents is 1. The van der Waals surface area contributed by atoms with Gasteiger partial charge in [-0.3, -0.25) is 9.89 Å². The zero-order valence-corrected chi connectivity index (χ0v) is 10.7. The molecule has 20 heavy (non-hydrogen) atoms. The Balaban J connectivity index is 0.000000149. The molecule has 0 amide bonds. The zero-order valence-electron chi connectivity index (χ0n) is 10.7. The number of para-hydroxylation sites is 2. The summed E-state index contributed by atoms with van der Waals surface area (Å²) in [5, 5.41) is 19.3. The maximum absolute atomic E-state index is 11.0. The summed E-state index contributed by atoms with van der Waals surface area (Å²) in [7, 11) is 0. The first-order valence-corrected chi connectivity index (χ1v) is 5.93. The number of aromatic amines is 1. The minimum absolute atomic E-state index is 0.00241. The van der Waals surface area contributed by atoms with Crippen molar-refractivity contribution >= 4 is 16.8 Å². The number of H-pyrrole nitrogens is 1. The number of benzene rings is 2. The van der Waals surface area contributed by atoms with Crippen molar-refractivity contribution in [2.24, 2.45) is 0 Å². The SMILES string of the molecule is C=CC(=O)c1ccccc1O.c1ccc2[nH]nnc2c1. The lowest BCUT2D eigenvalue weighted by Gasteiger charge is -1.97. The number of hydrogen-bond donors (Lipinski definition) is 2. The third-order valence-electron chi connectivity index (χ3n) is 2.59. The highest BCUT2D eigenvalue weighted by molar-refractivity contribution is 6.06. The van der Waals surface area contributed by atoms with Crippen LogP contribution in [0.1, 0.15) is 10.4 Å². The van der Waals surface area contributed by atoms with Gasteiger partial charge >= 0.3 is 0 Å². The molecule has 0 saturated carbocycles. The molecular weight excluding hydrogens is 254 g/mol. The second-order valence-electron chi connectivity index (χ2n) is 3.91. The van der Waals surface area contributed by atoms with Crippen LogP contribution in [0, 0.1) is 0 Å². The van der Waals surface area contributed by atoms with Gasteiger partial charge in [0.25, 0.3) is 0 Å². The predicted octanol–water partition coefficient (Wildman–Crippen LogP) is 2.72. The Kier molecular flexibility index (Phi) is 4.24. The van der Waals surface area contributed by atoms with Crippen LogP contribution in [0.3, 0.4) is 0 Å². The maximum atomic E-state index is 11.0. The van der Waals surface area contributed by atoms with Crippen molar-refractivity contribution in [3.8, 4) is 5.75 Å². The highest BCUT2D eigenvalue weighted by Gasteiger charge is 2.04. The van der Waals surface area contributed by atoms with E-state index in [0.29, 0.717) is 5.56 Å². The molecule has 0 aliphatic carbocycles. The Morgan fingerprint density at radius 1 is 1.15 bits per heavy atom. The van der Waals surface area contributed by atoms with E-state index in [9.17, 15) is 4.79 Å². The third-order valence-corrected chi connectivity index (χ3v) is 2.59. The number of carbonyl (C=O) groups is 1. The maximum Gasteiger partial charge on any atom is 0.188 e. The van der Waals surface area contributed by atoms with E-state index in [-0.39, 0.29) is 11.5 Å². The largest absolute Gasteiger partial charge is 0.507 e. The first-order valence-electron chi connectivity index (χ1n) is 5.93. The van der Waals surface area contributed by atoms with Gasteiger partial charge in [0, 0.05) is 0 Å². The molecule has 100 valence electrons. The smallest absolute Gasteiger partial charge is 0.188 e. The lowest BCUT2D eigenvalue weighted by molar-refractivity contribution is 0.104. The van der Waals surface area contributed by atoms with Crippen LogP contribution in [0.5, 0.6) is 5.75 Å². The van der Waals surface area contributed by atoms with Gasteiger partial charge in [-0.25, -0.2) is 0 Å². The highest BCUT2D eigenvalue weighted by atomic mass is 16.3. The molecule has 0 radical (unpaired) electrons. The molecule has 3 aromatic rings. The Hall–Kier alpha value is -2.95. The quantitative estimate of drug-likeness (QED) is 0.552. The minimum Gasteiger partial charge on any atom is -0.507 e. The zero-order chi connectivity index (χ0) is 14.4. The van der Waals surface area contributed by atoms with Crippen molar-refractivity contribution in [2.75, 3.05) is 0 Å². The van der Waals surface area contributed by atoms with Crippen molar-refractivity contribution < 1.29 is 9.90 Å². The molecule has 5 nitrogen and oxygen atoms in total. The second kappa shape index (κ2) is 6.29. The first kappa shape index (κ1) is 13.5. The number of aromatic hydroxyl groups is 1. The molecular formula is C15H13N3O2. The first-order chi connectivity index (χ1) is 9.72. The molecule has 3 rings (SSSR count). The van der Waals surface area contributed by atoms with Crippen molar-refractivity contribution in [3.63, 3.8) is 0 Å². The molecule has 2 aromatic carbocycles. The fourth-order valence-corrected chi connectivity index (χ4v) is 1.58. The van der Waals surface area contributed by atoms with Crippen molar-refractivity contribution in [3.05, 3.63) is 66.7 Å². The van der Waals surface area contributed by atoms with Gasteiger partial charge in [0.05, 0.1) is 11.1 Å². The number of aromatic nitrogens is 3. The minimum atomic E-state index is -0.261. The number of nitrogens with one attached hydrogen (secondary N) is 1. The van der Waals surface area contributed by atoms with Gasteiger partial charge in [-0.05, 0) is 30.3 Å². The molecule has 0 saturated heterocycles. The van der Waals surface area contributed by atoms with Crippen LogP contribution < -0.4 is 0 Å². The number of hydrogen-bond acceptors (Lipinski definition) is 4. The number of fused-ring (bicyclic) bond motifs is 1. The van der Waals surface area contributed by atoms with Crippen molar-refractivity contribution in [1.29, 1.82) is 0 Å². The van der Waals surface area contributed by atoms with Crippen LogP contribution in [-0.2, 0) is 0 Å². The summed E-state index contributed by atoms with van der Waals surface area (Å²) < 4.78 is 0. The van der Waals surface area contributed by atoms with E-state index >= 15 is 0 Å². The lowest BCUT2D eigenvalue weighted by atomic mass is 10.1. The molecule has 1 heterocycles. The molecule has 0 fully saturated rings. The summed E-state index contributed by atoms with van der Waals surface area (Å²) in [6.07, 6.45) is 1.18. The number of nitrogens with zero attached hydrogens (tertiary/aromatic N) is 2. The third kappa shape index (κ3) is 3.08. The molecule has 0 unspecified atom stereocenters. The normalized spacial score (nSPS) is 9.60. The van der Waals surface area contributed by atoms with Gasteiger partial charge in [0.15, 0.2) is 5.78 Å². The number of allylic oxidation sites excluding steroid dienone is 1. The lowest BCUT2D eigenvalue weighted by Crippen LogP contribution is -1.92. The van der Waals surface area contributed by atoms with E-state index < -0.39 is 0 Å². The molecule has 0 bridgehead atoms. The van der Waals surface area contributed by atoms with E-state index in [0.717, 1.165) is 11.0 Å². The monoisotopic (exact) mass is 267 g/mol. The molecule has 5 heteroatoms. The summed E-state index contributed by atoms with van der Waals surface area (Å²) in [4.78, 5) is 11.0. The van der Waals surface area contributed by atoms with E-state index in [1.165, 1.54) is 12.1 Å². The van der Waals surface area contributed by atoms with E-state index in [1.54, 1.807) is 18.2 Å². The molecule has 0 aliphatic rings. The van der Waals surface area contributed by atoms with Crippen LogP contribution >= 0.6 is 0 Å². The van der Waals surface area contributed by atoms with Gasteiger partial charge < -0.3 is 5.11 Å². The number of rotatable bonds is 2. The summed E-state index contributed by atoms with van der Waals surface area (Å²) in [6.45, 7) is 3.32. The van der Waals surface area contributed by atoms with E-state index in [4.69, 9.17) is 5.11 Å². The van der Waals surface area contributed by atoms with Gasteiger partial charge in [0.2, 0.25) is 0 Å². The fraction of sp³-hybridized carbons (Fsp3) is 0. The van der Waals surface area contributed by atoms with Crippen LogP contribution in [0.25, 0.3) is 11.0 Å². The number of carbonyl (C=O) groups excluding carboxylic acids is 1. The Morgan fingerprint density at radius 2 is 1.85 bits per heavy atom. The van der Waals surface area contributed by atoms with Gasteiger partial charge in [-0.15, -0.1) is 5.10 Å². The summed E-state index contributed by atoms with van der Waals surface area (Å²) in [5.74, 6) is -0.263. The summed E-state index contributed by atoms with van der Waals surface area (Å²) in [5.41, 5.74) is 2.19. The van der Waals surface area contributed by atoms with Crippen LogP contribution in [0.2, 0.25) is 0 Å². The number of ketones is 1. The molecule has 2 N–H and O–H groups in total. The van der Waals surface area contributed by atoms with Crippen molar-refractivity contribution in [2.45, 2.75) is 0 Å². The van der Waals surface area contributed by atoms with Gasteiger partial charge in [0.1, 0.15) is 11.3 Å². The number of phenols is 1. The topological polar surface area (TPSA) is 78.9 Å². The van der Waals surface area contributed by atoms with Gasteiger partial charge in [-0.1, -0.05) is 36.1 Å². The van der Waals surface area contributed by atoms with E-state index in [1.807, 2.05) is 24.3 Å². The van der Waals surface area contributed by atoms with Crippen LogP contribution in [0.4, 0.5) is 0 Å². The average Bonchev–Trinajstić information content (AvgIpc) is 2.96. The second-order valence-corrected chi connectivity index (χ2v) is 3.91. The standard InChI is InChI=1S/C9H8O2.C6H5N3/c1-2-8(10)7-5-3-4-6-9(7)11;1-2-4-6-5(3-1)7-9-8-6/h2-6,11H,1H2;1-4H,(H,7,8,9). The summed E-state index contributed by atoms with van der Waals surface area (Å²) >= 11 is 0. The van der Waals surface area contributed by atoms with Crippen LogP contribution in [-0.4, -0.2) is 26.3 Å². The molecule has 0 atom stereocenters. The molecule has 0 aliphatic heterocycles. The highest BCUT2D eigenvalue weighted by Crippen LogP contribution is 2.15.